The maximum atomic E-state index is 12.5. The fourth-order valence-corrected chi connectivity index (χ4v) is 2.00. The number of hydrogen-bond donors (Lipinski definition) is 1. The van der Waals surface area contributed by atoms with Crippen LogP contribution in [0.2, 0.25) is 0 Å². The number of nitrogens with zero attached hydrogens (tertiary/aromatic N) is 2. The summed E-state index contributed by atoms with van der Waals surface area (Å²) < 4.78 is 37.5. The molecule has 0 spiro atoms. The van der Waals surface area contributed by atoms with Crippen molar-refractivity contribution in [3.63, 3.8) is 0 Å². The van der Waals surface area contributed by atoms with Crippen molar-refractivity contribution in [1.82, 2.24) is 4.98 Å². The number of aliphatic hydroxyl groups is 1. The maximum absolute atomic E-state index is 12.5. The first-order chi connectivity index (χ1) is 8.88. The molecule has 0 amide bonds. The van der Waals surface area contributed by atoms with E-state index in [0.29, 0.717) is 11.4 Å². The van der Waals surface area contributed by atoms with Gasteiger partial charge in [0.2, 0.25) is 0 Å². The summed E-state index contributed by atoms with van der Waals surface area (Å²) in [7, 11) is 0. The number of aromatic nitrogens is 1. The molecule has 0 saturated carbocycles. The van der Waals surface area contributed by atoms with Crippen LogP contribution in [-0.2, 0) is 0 Å². The van der Waals surface area contributed by atoms with Gasteiger partial charge in [0.1, 0.15) is 5.82 Å². The molecule has 1 aliphatic rings. The van der Waals surface area contributed by atoms with Crippen LogP contribution >= 0.6 is 0 Å². The Morgan fingerprint density at radius 1 is 1.42 bits per heavy atom. The lowest BCUT2D eigenvalue weighted by Gasteiger charge is -2.28. The minimum absolute atomic E-state index is 0.0376. The molecule has 0 saturated heterocycles. The second kappa shape index (κ2) is 5.21. The number of halogens is 3. The van der Waals surface area contributed by atoms with E-state index in [2.05, 4.69) is 4.98 Å². The summed E-state index contributed by atoms with van der Waals surface area (Å²) in [6, 6.07) is 3.40. The molecule has 6 heteroatoms. The lowest BCUT2D eigenvalue weighted by atomic mass is 10.1. The monoisotopic (exact) mass is 272 g/mol. The van der Waals surface area contributed by atoms with Crippen LogP contribution in [0.3, 0.4) is 0 Å². The Morgan fingerprint density at radius 2 is 2.16 bits per heavy atom. The number of rotatable bonds is 2. The van der Waals surface area contributed by atoms with Gasteiger partial charge in [0, 0.05) is 24.9 Å². The number of hydrogen-bond acceptors (Lipinski definition) is 3. The summed E-state index contributed by atoms with van der Waals surface area (Å²) in [5.74, 6) is 0.593. The first-order valence-corrected chi connectivity index (χ1v) is 6.03. The summed E-state index contributed by atoms with van der Waals surface area (Å²) in [6.45, 7) is 2.10. The topological polar surface area (TPSA) is 36.4 Å². The highest BCUT2D eigenvalue weighted by atomic mass is 19.4. The van der Waals surface area contributed by atoms with Crippen LogP contribution in [0.25, 0.3) is 0 Å². The largest absolute Gasteiger partial charge is 0.412 e. The van der Waals surface area contributed by atoms with Gasteiger partial charge in [-0.3, -0.25) is 0 Å². The van der Waals surface area contributed by atoms with E-state index in [1.807, 2.05) is 0 Å². The Hall–Kier alpha value is -1.56. The zero-order valence-corrected chi connectivity index (χ0v) is 10.5. The van der Waals surface area contributed by atoms with Crippen LogP contribution in [0.1, 0.15) is 25.0 Å². The summed E-state index contributed by atoms with van der Waals surface area (Å²) in [6.07, 6.45) is -2.14. The Bertz CT molecular complexity index is 483. The van der Waals surface area contributed by atoms with Crippen molar-refractivity contribution in [3.05, 3.63) is 35.5 Å². The number of anilines is 1. The third-order valence-corrected chi connectivity index (χ3v) is 3.15. The average Bonchev–Trinajstić information content (AvgIpc) is 2.38. The van der Waals surface area contributed by atoms with Crippen LogP contribution in [0.15, 0.2) is 30.0 Å². The Morgan fingerprint density at radius 3 is 2.68 bits per heavy atom. The summed E-state index contributed by atoms with van der Waals surface area (Å²) in [4.78, 5) is 5.90. The molecule has 2 heterocycles. The van der Waals surface area contributed by atoms with Gasteiger partial charge in [-0.25, -0.2) is 4.98 Å². The van der Waals surface area contributed by atoms with Crippen LogP contribution in [-0.4, -0.2) is 29.4 Å². The molecule has 1 aromatic rings. The molecule has 1 aromatic heterocycles. The molecular formula is C13H15F3N2O. The lowest BCUT2D eigenvalue weighted by molar-refractivity contribution is -0.0944. The Kier molecular flexibility index (Phi) is 3.80. The zero-order chi connectivity index (χ0) is 14.0. The van der Waals surface area contributed by atoms with Crippen LogP contribution < -0.4 is 4.90 Å². The fraction of sp³-hybridized carbons (Fsp3) is 0.462. The third kappa shape index (κ3) is 3.26. The van der Waals surface area contributed by atoms with Crippen molar-refractivity contribution in [2.75, 3.05) is 18.0 Å². The first kappa shape index (κ1) is 13.9. The van der Waals surface area contributed by atoms with E-state index < -0.39 is 17.9 Å². The van der Waals surface area contributed by atoms with E-state index >= 15 is 0 Å². The van der Waals surface area contributed by atoms with Gasteiger partial charge in [-0.2, -0.15) is 13.2 Å². The Balaban J connectivity index is 2.14. The SMILES string of the molecule is C[C@@H](O)c1ccnc(N2CC=C(C(F)(F)F)CC2)c1. The summed E-state index contributed by atoms with van der Waals surface area (Å²) >= 11 is 0. The summed E-state index contributed by atoms with van der Waals surface area (Å²) in [5.41, 5.74) is 0.228. The van der Waals surface area contributed by atoms with E-state index in [9.17, 15) is 18.3 Å². The standard InChI is InChI=1S/C13H15F3N2O/c1-9(19)10-2-5-17-12(8-10)18-6-3-11(4-7-18)13(14,15)16/h2-3,5,8-9,19H,4,6-7H2,1H3/t9-/m1/s1. The van der Waals surface area contributed by atoms with Gasteiger partial charge in [-0.1, -0.05) is 6.08 Å². The van der Waals surface area contributed by atoms with Crippen LogP contribution in [0.4, 0.5) is 19.0 Å². The highest BCUT2D eigenvalue weighted by molar-refractivity contribution is 5.44. The van der Waals surface area contributed by atoms with E-state index in [1.165, 1.54) is 6.08 Å². The van der Waals surface area contributed by atoms with Gasteiger partial charge in [-0.05, 0) is 31.0 Å². The molecule has 0 aliphatic carbocycles. The molecule has 1 aliphatic heterocycles. The summed E-state index contributed by atoms with van der Waals surface area (Å²) in [5, 5.41) is 9.49. The molecule has 1 N–H and O–H groups in total. The molecular weight excluding hydrogens is 257 g/mol. The van der Waals surface area contributed by atoms with E-state index in [1.54, 1.807) is 30.2 Å². The molecule has 0 bridgehead atoms. The number of aliphatic hydroxyl groups excluding tert-OH is 1. The smallest absolute Gasteiger partial charge is 0.389 e. The fourth-order valence-electron chi connectivity index (χ4n) is 2.00. The molecule has 2 rings (SSSR count). The van der Waals surface area contributed by atoms with Crippen molar-refractivity contribution < 1.29 is 18.3 Å². The van der Waals surface area contributed by atoms with Gasteiger partial charge < -0.3 is 10.0 Å². The number of pyridine rings is 1. The molecule has 1 atom stereocenters. The second-order valence-corrected chi connectivity index (χ2v) is 4.55. The molecule has 0 aromatic carbocycles. The second-order valence-electron chi connectivity index (χ2n) is 4.55. The molecule has 0 unspecified atom stereocenters. The molecule has 3 nitrogen and oxygen atoms in total. The van der Waals surface area contributed by atoms with E-state index in [4.69, 9.17) is 0 Å². The van der Waals surface area contributed by atoms with Gasteiger partial charge in [-0.15, -0.1) is 0 Å². The van der Waals surface area contributed by atoms with Crippen molar-refractivity contribution >= 4 is 5.82 Å². The van der Waals surface area contributed by atoms with Crippen molar-refractivity contribution in [2.24, 2.45) is 0 Å². The van der Waals surface area contributed by atoms with Crippen molar-refractivity contribution in [2.45, 2.75) is 25.6 Å². The quantitative estimate of drug-likeness (QED) is 0.841. The van der Waals surface area contributed by atoms with Crippen molar-refractivity contribution in [3.8, 4) is 0 Å². The first-order valence-electron chi connectivity index (χ1n) is 6.03. The Labute approximate surface area is 109 Å². The highest BCUT2D eigenvalue weighted by Crippen LogP contribution is 2.31. The molecule has 104 valence electrons. The zero-order valence-electron chi connectivity index (χ0n) is 10.5. The highest BCUT2D eigenvalue weighted by Gasteiger charge is 2.34. The predicted molar refractivity (Wildman–Crippen MR) is 65.8 cm³/mol. The van der Waals surface area contributed by atoms with Gasteiger partial charge in [0.15, 0.2) is 0 Å². The molecule has 0 radical (unpaired) electrons. The average molecular weight is 272 g/mol. The number of alkyl halides is 3. The van der Waals surface area contributed by atoms with Gasteiger partial charge in [0.05, 0.1) is 6.10 Å². The molecule has 19 heavy (non-hydrogen) atoms. The minimum atomic E-state index is -4.24. The van der Waals surface area contributed by atoms with Crippen LogP contribution in [0.5, 0.6) is 0 Å². The normalized spacial score (nSPS) is 18.2. The lowest BCUT2D eigenvalue weighted by Crippen LogP contribution is -2.32. The van der Waals surface area contributed by atoms with Crippen LogP contribution in [0, 0.1) is 0 Å². The maximum Gasteiger partial charge on any atom is 0.412 e. The molecule has 0 fully saturated rings. The van der Waals surface area contributed by atoms with Gasteiger partial charge >= 0.3 is 6.18 Å². The minimum Gasteiger partial charge on any atom is -0.389 e. The van der Waals surface area contributed by atoms with Crippen molar-refractivity contribution in [1.29, 1.82) is 0 Å². The van der Waals surface area contributed by atoms with E-state index in [0.717, 1.165) is 0 Å². The van der Waals surface area contributed by atoms with E-state index in [-0.39, 0.29) is 19.5 Å². The third-order valence-electron chi connectivity index (χ3n) is 3.15. The predicted octanol–water partition coefficient (Wildman–Crippen LogP) is 2.83. The van der Waals surface area contributed by atoms with Gasteiger partial charge in [0.25, 0.3) is 0 Å².